The first kappa shape index (κ1) is 15.6. The number of aromatic nitrogens is 4. The zero-order valence-corrected chi connectivity index (χ0v) is 11.9. The molecule has 0 unspecified atom stereocenters. The summed E-state index contributed by atoms with van der Waals surface area (Å²) in [6, 6.07) is 3.37. The number of aliphatic hydroxyl groups is 1. The van der Waals surface area contributed by atoms with Crippen molar-refractivity contribution < 1.29 is 13.9 Å². The first-order valence-electron chi connectivity index (χ1n) is 7.03. The highest BCUT2D eigenvalue weighted by Gasteiger charge is 2.18. The first-order chi connectivity index (χ1) is 10.2. The van der Waals surface area contributed by atoms with Crippen molar-refractivity contribution in [3.8, 4) is 0 Å². The summed E-state index contributed by atoms with van der Waals surface area (Å²) in [6.07, 6.45) is -0.126. The van der Waals surface area contributed by atoms with Gasteiger partial charge in [0.05, 0.1) is 0 Å². The van der Waals surface area contributed by atoms with Gasteiger partial charge in [-0.25, -0.2) is 8.78 Å². The first-order valence-corrected chi connectivity index (χ1v) is 7.03. The summed E-state index contributed by atoms with van der Waals surface area (Å²) >= 11 is 0. The Morgan fingerprint density at radius 3 is 2.67 bits per heavy atom. The van der Waals surface area contributed by atoms with E-state index in [2.05, 4.69) is 22.2 Å². The second-order valence-corrected chi connectivity index (χ2v) is 4.74. The lowest BCUT2D eigenvalue weighted by Crippen LogP contribution is -2.27. The van der Waals surface area contributed by atoms with E-state index < -0.39 is 12.2 Å². The lowest BCUT2D eigenvalue weighted by molar-refractivity contribution is 0.137. The summed E-state index contributed by atoms with van der Waals surface area (Å²) in [7, 11) is 0. The molecule has 0 aliphatic heterocycles. The Morgan fingerprint density at radius 2 is 2.00 bits per heavy atom. The monoisotopic (exact) mass is 299 g/mol. The van der Waals surface area contributed by atoms with Crippen molar-refractivity contribution in [2.24, 2.45) is 0 Å². The number of hydrogen-bond donors (Lipinski definition) is 1. The molecule has 116 valence electrons. The molecule has 0 amide bonds. The van der Waals surface area contributed by atoms with Crippen molar-refractivity contribution in [1.82, 2.24) is 19.8 Å². The number of hydrogen-bond acceptors (Lipinski definition) is 5. The Hall–Kier alpha value is -1.83. The van der Waals surface area contributed by atoms with Gasteiger partial charge in [-0.05, 0) is 25.0 Å². The van der Waals surface area contributed by atoms with Gasteiger partial charge >= 0.3 is 0 Å². The third-order valence-corrected chi connectivity index (χ3v) is 3.16. The molecule has 0 fully saturated rings. The molecular formula is C13H19F2N5O. The molecule has 0 aromatic carbocycles. The predicted octanol–water partition coefficient (Wildman–Crippen LogP) is 2.05. The maximum absolute atomic E-state index is 12.9. The number of unbranched alkanes of at least 4 members (excludes halogenated alkanes) is 1. The van der Waals surface area contributed by atoms with E-state index in [1.165, 1.54) is 0 Å². The van der Waals surface area contributed by atoms with Gasteiger partial charge in [0.1, 0.15) is 5.82 Å². The number of anilines is 1. The van der Waals surface area contributed by atoms with Crippen molar-refractivity contribution in [2.45, 2.75) is 32.6 Å². The van der Waals surface area contributed by atoms with Crippen LogP contribution < -0.4 is 4.90 Å². The van der Waals surface area contributed by atoms with Gasteiger partial charge in [0.25, 0.3) is 6.43 Å². The number of aliphatic hydroxyl groups excluding tert-OH is 1. The highest BCUT2D eigenvalue weighted by Crippen LogP contribution is 2.19. The maximum atomic E-state index is 12.9. The molecule has 6 nitrogen and oxygen atoms in total. The van der Waals surface area contributed by atoms with Gasteiger partial charge < -0.3 is 10.0 Å². The van der Waals surface area contributed by atoms with Crippen molar-refractivity contribution in [2.75, 3.05) is 24.6 Å². The topological polar surface area (TPSA) is 66.5 Å². The van der Waals surface area contributed by atoms with E-state index in [0.717, 1.165) is 23.9 Å². The number of alkyl halides is 2. The van der Waals surface area contributed by atoms with E-state index in [4.69, 9.17) is 5.11 Å². The number of halogens is 2. The Balaban J connectivity index is 2.30. The van der Waals surface area contributed by atoms with Crippen molar-refractivity contribution in [3.05, 3.63) is 18.0 Å². The molecule has 0 bridgehead atoms. The smallest absolute Gasteiger partial charge is 0.299 e. The summed E-state index contributed by atoms with van der Waals surface area (Å²) in [5.74, 6) is 0.135. The quantitative estimate of drug-likeness (QED) is 0.808. The highest BCUT2D eigenvalue weighted by molar-refractivity contribution is 5.45. The molecule has 2 aromatic rings. The fourth-order valence-electron chi connectivity index (χ4n) is 2.05. The SMILES string of the molecule is CCCCN(CCCO)c1ccc2nnc(C(F)F)n2n1. The van der Waals surface area contributed by atoms with Crippen LogP contribution in [0.15, 0.2) is 12.1 Å². The minimum absolute atomic E-state index is 0.0831. The van der Waals surface area contributed by atoms with Crippen molar-refractivity contribution in [1.29, 1.82) is 0 Å². The van der Waals surface area contributed by atoms with E-state index in [-0.39, 0.29) is 6.61 Å². The third-order valence-electron chi connectivity index (χ3n) is 3.16. The molecule has 2 heterocycles. The average molecular weight is 299 g/mol. The Morgan fingerprint density at radius 1 is 1.24 bits per heavy atom. The van der Waals surface area contributed by atoms with Gasteiger partial charge in [-0.2, -0.15) is 4.52 Å². The van der Waals surface area contributed by atoms with Crippen LogP contribution in [-0.2, 0) is 0 Å². The second kappa shape index (κ2) is 7.26. The van der Waals surface area contributed by atoms with Crippen molar-refractivity contribution >= 4 is 11.5 Å². The van der Waals surface area contributed by atoms with Gasteiger partial charge in [0.2, 0.25) is 5.82 Å². The van der Waals surface area contributed by atoms with Crippen LogP contribution in [0.1, 0.15) is 38.4 Å². The normalized spacial score (nSPS) is 11.5. The molecule has 0 spiro atoms. The molecule has 2 rings (SSSR count). The lowest BCUT2D eigenvalue weighted by atomic mass is 10.3. The van der Waals surface area contributed by atoms with Crippen LogP contribution in [0.2, 0.25) is 0 Å². The molecule has 1 N–H and O–H groups in total. The summed E-state index contributed by atoms with van der Waals surface area (Å²) in [5, 5.41) is 20.3. The van der Waals surface area contributed by atoms with Gasteiger partial charge in [0, 0.05) is 19.7 Å². The molecule has 21 heavy (non-hydrogen) atoms. The molecule has 0 saturated heterocycles. The van der Waals surface area contributed by atoms with E-state index in [0.29, 0.717) is 24.4 Å². The molecule has 0 radical (unpaired) electrons. The van der Waals surface area contributed by atoms with Gasteiger partial charge in [-0.3, -0.25) is 0 Å². The molecule has 2 aromatic heterocycles. The Kier molecular flexibility index (Phi) is 5.38. The summed E-state index contributed by atoms with van der Waals surface area (Å²) < 4.78 is 26.8. The highest BCUT2D eigenvalue weighted by atomic mass is 19.3. The van der Waals surface area contributed by atoms with E-state index in [1.54, 1.807) is 12.1 Å². The Labute approximate surface area is 121 Å². The summed E-state index contributed by atoms with van der Waals surface area (Å²) in [6.45, 7) is 3.55. The van der Waals surface area contributed by atoms with Gasteiger partial charge in [-0.15, -0.1) is 15.3 Å². The van der Waals surface area contributed by atoms with Crippen LogP contribution in [0.25, 0.3) is 5.65 Å². The standard InChI is InChI=1S/C13H19F2N5O/c1-2-3-7-19(8-4-9-21)11-6-5-10-16-17-13(12(14)15)20(10)18-11/h5-6,12,21H,2-4,7-9H2,1H3. The fourth-order valence-corrected chi connectivity index (χ4v) is 2.05. The molecule has 8 heteroatoms. The summed E-state index contributed by atoms with van der Waals surface area (Å²) in [4.78, 5) is 1.98. The van der Waals surface area contributed by atoms with Crippen LogP contribution >= 0.6 is 0 Å². The zero-order chi connectivity index (χ0) is 15.2. The largest absolute Gasteiger partial charge is 0.396 e. The minimum atomic E-state index is -2.72. The average Bonchev–Trinajstić information content (AvgIpc) is 2.90. The molecule has 0 aliphatic rings. The second-order valence-electron chi connectivity index (χ2n) is 4.74. The number of nitrogens with zero attached hydrogens (tertiary/aromatic N) is 5. The molecule has 0 atom stereocenters. The van der Waals surface area contributed by atoms with Gasteiger partial charge in [-0.1, -0.05) is 13.3 Å². The molecule has 0 aliphatic carbocycles. The van der Waals surface area contributed by atoms with E-state index in [9.17, 15) is 8.78 Å². The van der Waals surface area contributed by atoms with Crippen LogP contribution in [0.3, 0.4) is 0 Å². The minimum Gasteiger partial charge on any atom is -0.396 e. The predicted molar refractivity (Wildman–Crippen MR) is 74.6 cm³/mol. The van der Waals surface area contributed by atoms with Crippen LogP contribution in [-0.4, -0.2) is 44.6 Å². The van der Waals surface area contributed by atoms with E-state index in [1.807, 2.05) is 4.90 Å². The van der Waals surface area contributed by atoms with Crippen LogP contribution in [0.5, 0.6) is 0 Å². The lowest BCUT2D eigenvalue weighted by Gasteiger charge is -2.23. The number of fused-ring (bicyclic) bond motifs is 1. The maximum Gasteiger partial charge on any atom is 0.299 e. The van der Waals surface area contributed by atoms with Crippen molar-refractivity contribution in [3.63, 3.8) is 0 Å². The molecule has 0 saturated carbocycles. The summed E-state index contributed by atoms with van der Waals surface area (Å²) in [5.41, 5.74) is 0.298. The Bertz CT molecular complexity index is 567. The van der Waals surface area contributed by atoms with Crippen LogP contribution in [0, 0.1) is 0 Å². The third kappa shape index (κ3) is 3.63. The van der Waals surface area contributed by atoms with E-state index >= 15 is 0 Å². The molecular weight excluding hydrogens is 280 g/mol. The fraction of sp³-hybridized carbons (Fsp3) is 0.615. The number of rotatable bonds is 8. The van der Waals surface area contributed by atoms with Gasteiger partial charge in [0.15, 0.2) is 5.65 Å². The zero-order valence-electron chi connectivity index (χ0n) is 11.9. The van der Waals surface area contributed by atoms with Crippen LogP contribution in [0.4, 0.5) is 14.6 Å².